The molecule has 0 saturated heterocycles. The average Bonchev–Trinajstić information content (AvgIpc) is 2.77. The highest BCUT2D eigenvalue weighted by molar-refractivity contribution is 5.11. The van der Waals surface area contributed by atoms with E-state index in [1.165, 1.54) is 0 Å². The van der Waals surface area contributed by atoms with Crippen LogP contribution in [0.2, 0.25) is 0 Å². The molecule has 0 amide bonds. The van der Waals surface area contributed by atoms with Crippen molar-refractivity contribution in [3.8, 4) is 12.1 Å². The van der Waals surface area contributed by atoms with Crippen LogP contribution in [0.5, 0.6) is 0 Å². The molecule has 1 aromatic heterocycles. The molecule has 5 heteroatoms. The molecule has 0 saturated carbocycles. The predicted octanol–water partition coefficient (Wildman–Crippen LogP) is 1.43. The fourth-order valence-electron chi connectivity index (χ4n) is 1.78. The molecular weight excluding hydrogens is 214 g/mol. The quantitative estimate of drug-likeness (QED) is 0.803. The molecule has 5 nitrogen and oxygen atoms in total. The van der Waals surface area contributed by atoms with E-state index in [0.717, 1.165) is 19.4 Å². The first-order valence-electron chi connectivity index (χ1n) is 5.72. The zero-order valence-electron chi connectivity index (χ0n) is 10.3. The van der Waals surface area contributed by atoms with Gasteiger partial charge in [-0.15, -0.1) is 0 Å². The topological polar surface area (TPSA) is 77.4 Å². The first-order valence-corrected chi connectivity index (χ1v) is 5.72. The second-order valence-electron chi connectivity index (χ2n) is 4.13. The van der Waals surface area contributed by atoms with Crippen LogP contribution < -0.4 is 5.32 Å². The fraction of sp³-hybridized carbons (Fsp3) is 0.583. The Balaban J connectivity index is 2.48. The summed E-state index contributed by atoms with van der Waals surface area (Å²) in [6.45, 7) is 5.37. The maximum atomic E-state index is 9.09. The van der Waals surface area contributed by atoms with E-state index in [1.54, 1.807) is 12.4 Å². The van der Waals surface area contributed by atoms with Gasteiger partial charge in [0.15, 0.2) is 0 Å². The summed E-state index contributed by atoms with van der Waals surface area (Å²) in [5.74, 6) is 0.423. The lowest BCUT2D eigenvalue weighted by atomic mass is 9.97. The minimum Gasteiger partial charge on any atom is -0.323 e. The lowest BCUT2D eigenvalue weighted by molar-refractivity contribution is 0.403. The lowest BCUT2D eigenvalue weighted by Crippen LogP contribution is -2.40. The van der Waals surface area contributed by atoms with Crippen molar-refractivity contribution in [2.75, 3.05) is 6.54 Å². The fourth-order valence-corrected chi connectivity index (χ4v) is 1.78. The van der Waals surface area contributed by atoms with Gasteiger partial charge in [0.1, 0.15) is 11.6 Å². The molecule has 17 heavy (non-hydrogen) atoms. The standard InChI is InChI=1S/C12H17N5/c1-3-16-12(2,10-14)5-4-7-17-8-6-15-11(17)9-13/h6,8,16H,3-5,7H2,1-2H3. The van der Waals surface area contributed by atoms with Gasteiger partial charge < -0.3 is 4.57 Å². The average molecular weight is 231 g/mol. The third-order valence-corrected chi connectivity index (χ3v) is 2.70. The van der Waals surface area contributed by atoms with Crippen LogP contribution in [0.15, 0.2) is 12.4 Å². The summed E-state index contributed by atoms with van der Waals surface area (Å²) < 4.78 is 1.81. The van der Waals surface area contributed by atoms with E-state index in [-0.39, 0.29) is 0 Å². The Labute approximate surface area is 102 Å². The smallest absolute Gasteiger partial charge is 0.212 e. The van der Waals surface area contributed by atoms with E-state index in [0.29, 0.717) is 12.4 Å². The molecule has 1 N–H and O–H groups in total. The Morgan fingerprint density at radius 3 is 2.88 bits per heavy atom. The normalized spacial score (nSPS) is 13.6. The van der Waals surface area contributed by atoms with Gasteiger partial charge in [-0.05, 0) is 26.3 Å². The zero-order chi connectivity index (χ0) is 12.7. The lowest BCUT2D eigenvalue weighted by Gasteiger charge is -2.22. The first-order chi connectivity index (χ1) is 8.15. The Bertz CT molecular complexity index is 436. The van der Waals surface area contributed by atoms with E-state index >= 15 is 0 Å². The van der Waals surface area contributed by atoms with E-state index < -0.39 is 5.54 Å². The molecule has 0 spiro atoms. The molecule has 0 aliphatic heterocycles. The molecule has 0 fully saturated rings. The molecule has 1 heterocycles. The summed E-state index contributed by atoms with van der Waals surface area (Å²) in [5.41, 5.74) is -0.484. The van der Waals surface area contributed by atoms with Gasteiger partial charge in [-0.2, -0.15) is 10.5 Å². The van der Waals surface area contributed by atoms with E-state index in [1.807, 2.05) is 24.5 Å². The molecule has 0 radical (unpaired) electrons. The number of aryl methyl sites for hydroxylation is 1. The van der Waals surface area contributed by atoms with Gasteiger partial charge in [-0.25, -0.2) is 4.98 Å². The Kier molecular flexibility index (Phi) is 4.68. The molecule has 0 aliphatic carbocycles. The number of aromatic nitrogens is 2. The molecule has 1 atom stereocenters. The van der Waals surface area contributed by atoms with Gasteiger partial charge in [0.25, 0.3) is 0 Å². The minimum atomic E-state index is -0.484. The third kappa shape index (κ3) is 3.58. The van der Waals surface area contributed by atoms with Gasteiger partial charge in [-0.3, -0.25) is 5.32 Å². The molecule has 0 bridgehead atoms. The van der Waals surface area contributed by atoms with Crippen molar-refractivity contribution in [1.29, 1.82) is 10.5 Å². The molecule has 0 aromatic carbocycles. The summed E-state index contributed by atoms with van der Waals surface area (Å²) in [6.07, 6.45) is 4.99. The number of imidazole rings is 1. The number of nitrogens with one attached hydrogen (secondary N) is 1. The highest BCUT2D eigenvalue weighted by Gasteiger charge is 2.21. The minimum absolute atomic E-state index is 0.423. The maximum absolute atomic E-state index is 9.09. The summed E-state index contributed by atoms with van der Waals surface area (Å²) in [5, 5.41) is 21.1. The summed E-state index contributed by atoms with van der Waals surface area (Å²) in [6, 6.07) is 4.32. The number of nitriles is 2. The van der Waals surface area contributed by atoms with Crippen LogP contribution in [-0.4, -0.2) is 21.6 Å². The van der Waals surface area contributed by atoms with Gasteiger partial charge in [0.05, 0.1) is 6.07 Å². The van der Waals surface area contributed by atoms with Gasteiger partial charge in [-0.1, -0.05) is 6.92 Å². The maximum Gasteiger partial charge on any atom is 0.212 e. The predicted molar refractivity (Wildman–Crippen MR) is 63.9 cm³/mol. The van der Waals surface area contributed by atoms with Gasteiger partial charge >= 0.3 is 0 Å². The van der Waals surface area contributed by atoms with Crippen molar-refractivity contribution in [2.45, 2.75) is 38.8 Å². The van der Waals surface area contributed by atoms with E-state index in [2.05, 4.69) is 16.4 Å². The SMILES string of the molecule is CCNC(C)(C#N)CCCn1ccnc1C#N. The van der Waals surface area contributed by atoms with Gasteiger partial charge in [0.2, 0.25) is 5.82 Å². The van der Waals surface area contributed by atoms with Crippen molar-refractivity contribution < 1.29 is 0 Å². The Morgan fingerprint density at radius 2 is 2.29 bits per heavy atom. The molecule has 1 aromatic rings. The highest BCUT2D eigenvalue weighted by atomic mass is 15.1. The summed E-state index contributed by atoms with van der Waals surface area (Å²) >= 11 is 0. The molecule has 1 unspecified atom stereocenters. The van der Waals surface area contributed by atoms with Crippen LogP contribution in [0.1, 0.15) is 32.5 Å². The number of hydrogen-bond donors (Lipinski definition) is 1. The zero-order valence-corrected chi connectivity index (χ0v) is 10.3. The molecule has 90 valence electrons. The Hall–Kier alpha value is -1.85. The molecule has 0 aliphatic rings. The van der Waals surface area contributed by atoms with Gasteiger partial charge in [0, 0.05) is 18.9 Å². The highest BCUT2D eigenvalue weighted by Crippen LogP contribution is 2.12. The first kappa shape index (κ1) is 13.2. The second kappa shape index (κ2) is 6.03. The van der Waals surface area contributed by atoms with Crippen LogP contribution >= 0.6 is 0 Å². The molecular formula is C12H17N5. The van der Waals surface area contributed by atoms with Crippen LogP contribution in [0, 0.1) is 22.7 Å². The van der Waals surface area contributed by atoms with Crippen LogP contribution in [0.25, 0.3) is 0 Å². The van der Waals surface area contributed by atoms with Crippen molar-refractivity contribution in [3.63, 3.8) is 0 Å². The summed E-state index contributed by atoms with van der Waals surface area (Å²) in [4.78, 5) is 3.93. The molecule has 1 rings (SSSR count). The summed E-state index contributed by atoms with van der Waals surface area (Å²) in [7, 11) is 0. The van der Waals surface area contributed by atoms with Crippen molar-refractivity contribution in [3.05, 3.63) is 18.2 Å². The largest absolute Gasteiger partial charge is 0.323 e. The second-order valence-corrected chi connectivity index (χ2v) is 4.13. The number of nitrogens with zero attached hydrogens (tertiary/aromatic N) is 4. The van der Waals surface area contributed by atoms with Crippen molar-refractivity contribution in [2.24, 2.45) is 0 Å². The van der Waals surface area contributed by atoms with Crippen LogP contribution in [0.3, 0.4) is 0 Å². The number of rotatable bonds is 6. The van der Waals surface area contributed by atoms with Crippen molar-refractivity contribution >= 4 is 0 Å². The number of hydrogen-bond acceptors (Lipinski definition) is 4. The Morgan fingerprint density at radius 1 is 1.53 bits per heavy atom. The van der Waals surface area contributed by atoms with Crippen molar-refractivity contribution in [1.82, 2.24) is 14.9 Å². The monoisotopic (exact) mass is 231 g/mol. The van der Waals surface area contributed by atoms with E-state index in [9.17, 15) is 0 Å². The van der Waals surface area contributed by atoms with Crippen LogP contribution in [0.4, 0.5) is 0 Å². The third-order valence-electron chi connectivity index (χ3n) is 2.70. The van der Waals surface area contributed by atoms with Crippen LogP contribution in [-0.2, 0) is 6.54 Å². The van der Waals surface area contributed by atoms with E-state index in [4.69, 9.17) is 10.5 Å².